The Labute approximate surface area is 254 Å². The molecule has 2 heterocycles. The summed E-state index contributed by atoms with van der Waals surface area (Å²) in [5.74, 6) is 0.0320. The second kappa shape index (κ2) is 14.7. The molecule has 44 heavy (non-hydrogen) atoms. The van der Waals surface area contributed by atoms with Crippen LogP contribution in [-0.4, -0.2) is 58.3 Å². The number of ether oxygens (including phenoxy) is 1. The van der Waals surface area contributed by atoms with Gasteiger partial charge in [0, 0.05) is 29.6 Å². The number of carbonyl (C=O) groups is 3. The lowest BCUT2D eigenvalue weighted by Crippen LogP contribution is -2.33. The van der Waals surface area contributed by atoms with Crippen molar-refractivity contribution < 1.29 is 24.0 Å². The summed E-state index contributed by atoms with van der Waals surface area (Å²) >= 11 is 0. The number of aromatic amines is 1. The maximum absolute atomic E-state index is 13.5. The number of carbonyl (C=O) groups excluding carboxylic acids is 3. The number of pyridine rings is 1. The second-order valence-corrected chi connectivity index (χ2v) is 10.4. The highest BCUT2D eigenvalue weighted by atomic mass is 16.7. The number of hydrogen-bond acceptors (Lipinski definition) is 10. The highest BCUT2D eigenvalue weighted by Gasteiger charge is 2.21. The molecule has 13 heteroatoms. The molecule has 1 amide bonds. The van der Waals surface area contributed by atoms with Crippen LogP contribution in [0.4, 0.5) is 11.5 Å². The van der Waals surface area contributed by atoms with Gasteiger partial charge in [0.05, 0.1) is 31.1 Å². The Morgan fingerprint density at radius 3 is 2.50 bits per heavy atom. The third kappa shape index (κ3) is 8.38. The van der Waals surface area contributed by atoms with Crippen molar-refractivity contribution >= 4 is 46.2 Å². The van der Waals surface area contributed by atoms with Crippen LogP contribution < -0.4 is 21.7 Å². The highest BCUT2D eigenvalue weighted by Crippen LogP contribution is 2.20. The Morgan fingerprint density at radius 1 is 1.07 bits per heavy atom. The lowest BCUT2D eigenvalue weighted by Gasteiger charge is -2.21. The van der Waals surface area contributed by atoms with Crippen molar-refractivity contribution in [2.45, 2.75) is 39.3 Å². The first kappa shape index (κ1) is 31.6. The van der Waals surface area contributed by atoms with Gasteiger partial charge in [-0.25, -0.2) is 14.8 Å². The first-order chi connectivity index (χ1) is 21.1. The van der Waals surface area contributed by atoms with Gasteiger partial charge in [-0.05, 0) is 66.9 Å². The van der Waals surface area contributed by atoms with Gasteiger partial charge in [0.1, 0.15) is 17.7 Å². The maximum atomic E-state index is 13.5. The van der Waals surface area contributed by atoms with E-state index in [0.717, 1.165) is 5.69 Å². The smallest absolute Gasteiger partial charge is 0.351 e. The molecule has 2 aromatic carbocycles. The molecule has 0 spiro atoms. The lowest BCUT2D eigenvalue weighted by molar-refractivity contribution is -0.145. The van der Waals surface area contributed by atoms with E-state index in [4.69, 9.17) is 21.0 Å². The zero-order valence-corrected chi connectivity index (χ0v) is 24.8. The van der Waals surface area contributed by atoms with Gasteiger partial charge in [0.15, 0.2) is 5.84 Å². The van der Waals surface area contributed by atoms with Crippen LogP contribution in [0.2, 0.25) is 0 Å². The van der Waals surface area contributed by atoms with Crippen LogP contribution in [0.15, 0.2) is 72.0 Å². The van der Waals surface area contributed by atoms with Crippen molar-refractivity contribution in [3.63, 3.8) is 0 Å². The zero-order chi connectivity index (χ0) is 31.6. The van der Waals surface area contributed by atoms with Crippen molar-refractivity contribution in [2.24, 2.45) is 22.5 Å². The number of rotatable bonds is 13. The molecule has 0 radical (unpaired) electrons. The van der Waals surface area contributed by atoms with Crippen LogP contribution in [0.3, 0.4) is 0 Å². The van der Waals surface area contributed by atoms with Gasteiger partial charge >= 0.3 is 11.9 Å². The summed E-state index contributed by atoms with van der Waals surface area (Å²) in [6, 6.07) is 16.8. The van der Waals surface area contributed by atoms with Crippen molar-refractivity contribution in [3.8, 4) is 0 Å². The number of aromatic nitrogens is 3. The Hall–Kier alpha value is -5.30. The van der Waals surface area contributed by atoms with E-state index in [1.807, 2.05) is 26.0 Å². The maximum Gasteiger partial charge on any atom is 0.351 e. The van der Waals surface area contributed by atoms with Crippen LogP contribution >= 0.6 is 0 Å². The van der Waals surface area contributed by atoms with Crippen molar-refractivity contribution in [3.05, 3.63) is 83.8 Å². The van der Waals surface area contributed by atoms with Gasteiger partial charge in [0.25, 0.3) is 5.91 Å². The van der Waals surface area contributed by atoms with Crippen LogP contribution in [0.25, 0.3) is 11.0 Å². The Morgan fingerprint density at radius 2 is 1.82 bits per heavy atom. The van der Waals surface area contributed by atoms with Crippen molar-refractivity contribution in [1.29, 1.82) is 0 Å². The number of nitrogens with zero attached hydrogens (tertiary/aromatic N) is 4. The van der Waals surface area contributed by atoms with Crippen LogP contribution in [-0.2, 0) is 25.7 Å². The Bertz CT molecular complexity index is 1620. The van der Waals surface area contributed by atoms with E-state index in [1.165, 1.54) is 12.0 Å². The molecule has 230 valence electrons. The molecule has 4 rings (SSSR count). The second-order valence-electron chi connectivity index (χ2n) is 10.4. The summed E-state index contributed by atoms with van der Waals surface area (Å²) in [5.41, 5.74) is 15.0. The highest BCUT2D eigenvalue weighted by molar-refractivity contribution is 6.07. The van der Waals surface area contributed by atoms with Gasteiger partial charge in [-0.2, -0.15) is 0 Å². The summed E-state index contributed by atoms with van der Waals surface area (Å²) in [5, 5.41) is 7.00. The summed E-state index contributed by atoms with van der Waals surface area (Å²) in [6.07, 6.45) is 2.11. The van der Waals surface area contributed by atoms with Gasteiger partial charge in [-0.15, -0.1) is 0 Å². The first-order valence-electron chi connectivity index (χ1n) is 14.1. The number of fused-ring (bicyclic) bond motifs is 1. The molecule has 0 saturated heterocycles. The minimum Gasteiger partial charge on any atom is -0.469 e. The van der Waals surface area contributed by atoms with Crippen LogP contribution in [0.1, 0.15) is 48.4 Å². The number of hydrogen-bond donors (Lipinski definition) is 4. The van der Waals surface area contributed by atoms with Gasteiger partial charge in [0.2, 0.25) is 0 Å². The number of nitrogens with one attached hydrogen (secondary N) is 2. The van der Waals surface area contributed by atoms with Crippen molar-refractivity contribution in [1.82, 2.24) is 15.0 Å². The van der Waals surface area contributed by atoms with E-state index >= 15 is 0 Å². The van der Waals surface area contributed by atoms with Crippen molar-refractivity contribution in [2.75, 3.05) is 23.9 Å². The fourth-order valence-electron chi connectivity index (χ4n) is 4.34. The molecule has 0 bridgehead atoms. The van der Waals surface area contributed by atoms with Gasteiger partial charge in [-0.1, -0.05) is 25.1 Å². The molecule has 0 aliphatic rings. The van der Waals surface area contributed by atoms with E-state index in [-0.39, 0.29) is 30.6 Å². The third-order valence-corrected chi connectivity index (χ3v) is 6.62. The molecule has 4 aromatic rings. The molecule has 13 nitrogen and oxygen atoms in total. The van der Waals surface area contributed by atoms with Crippen LogP contribution in [0, 0.1) is 5.92 Å². The predicted octanol–water partition coefficient (Wildman–Crippen LogP) is 3.32. The molecular weight excluding hydrogens is 564 g/mol. The minimum atomic E-state index is -0.761. The zero-order valence-electron chi connectivity index (χ0n) is 24.8. The molecule has 6 N–H and O–H groups in total. The Kier molecular flexibility index (Phi) is 10.6. The number of amides is 1. The number of methoxy groups -OCH3 is 1. The predicted molar refractivity (Wildman–Crippen MR) is 167 cm³/mol. The Balaban J connectivity index is 1.39. The fraction of sp³-hybridized carbons (Fsp3) is 0.290. The number of imidazole rings is 1. The lowest BCUT2D eigenvalue weighted by atomic mass is 10.1. The molecule has 0 aliphatic heterocycles. The van der Waals surface area contributed by atoms with E-state index in [9.17, 15) is 14.4 Å². The summed E-state index contributed by atoms with van der Waals surface area (Å²) in [7, 11) is 1.31. The van der Waals surface area contributed by atoms with Gasteiger partial charge < -0.3 is 31.3 Å². The minimum absolute atomic E-state index is 0.0297. The van der Waals surface area contributed by atoms with E-state index in [2.05, 4.69) is 25.4 Å². The summed E-state index contributed by atoms with van der Waals surface area (Å²) in [6.45, 7) is 4.42. The molecule has 1 atom stereocenters. The molecule has 2 aromatic heterocycles. The molecule has 0 fully saturated rings. The quantitative estimate of drug-likeness (QED) is 0.0582. The SMILES string of the molecule is COC(=O)CCN(C(=O)c1ccc2nc(CNc3ccc(/C(N)=N/OC(=O)C(N)CC(C)C)cc3)[nH]c2c1)c1ccccn1. The number of anilines is 2. The first-order valence-corrected chi connectivity index (χ1v) is 14.1. The molecule has 0 aliphatic carbocycles. The standard InChI is InChI=1S/C31H36N8O5/c1-19(2)16-23(32)31(42)44-38-29(33)20-7-10-22(11-8-20)35-18-26-36-24-12-9-21(17-25(24)37-26)30(41)39(15-13-28(40)43-3)27-6-4-5-14-34-27/h4-12,14,17,19,23,35H,13,15-16,18,32H2,1-3H3,(H2,33,38)(H,36,37). The summed E-state index contributed by atoms with van der Waals surface area (Å²) in [4.78, 5) is 55.7. The average molecular weight is 601 g/mol. The monoisotopic (exact) mass is 600 g/mol. The number of nitrogens with two attached hydrogens (primary N) is 2. The fourth-order valence-corrected chi connectivity index (χ4v) is 4.34. The molecule has 0 saturated carbocycles. The number of oxime groups is 1. The topological polar surface area (TPSA) is 191 Å². The van der Waals surface area contributed by atoms with E-state index in [0.29, 0.717) is 46.8 Å². The molecule has 1 unspecified atom stereocenters. The summed E-state index contributed by atoms with van der Waals surface area (Å²) < 4.78 is 4.74. The number of amidine groups is 1. The van der Waals surface area contributed by atoms with Crippen LogP contribution in [0.5, 0.6) is 0 Å². The van der Waals surface area contributed by atoms with E-state index < -0.39 is 18.0 Å². The van der Waals surface area contributed by atoms with Gasteiger partial charge in [-0.3, -0.25) is 14.5 Å². The molecular formula is C31H36N8O5. The average Bonchev–Trinajstić information content (AvgIpc) is 3.45. The normalized spacial score (nSPS) is 12.2. The van der Waals surface area contributed by atoms with E-state index in [1.54, 1.807) is 54.7 Å². The number of esters is 1. The number of H-pyrrole nitrogens is 1. The largest absolute Gasteiger partial charge is 0.469 e. The third-order valence-electron chi connectivity index (χ3n) is 6.62. The number of benzene rings is 2.